The Balaban J connectivity index is 1.30. The lowest BCUT2D eigenvalue weighted by atomic mass is 9.61. The van der Waals surface area contributed by atoms with Gasteiger partial charge in [0.05, 0.1) is 13.2 Å². The molecule has 1 heterocycles. The number of nitrogens with zero attached hydrogens (tertiary/aromatic N) is 1. The van der Waals surface area contributed by atoms with Gasteiger partial charge in [-0.2, -0.15) is 0 Å². The average Bonchev–Trinajstić information content (AvgIpc) is 2.69. The maximum absolute atomic E-state index is 12.3. The summed E-state index contributed by atoms with van der Waals surface area (Å²) in [6.45, 7) is 4.16. The van der Waals surface area contributed by atoms with Crippen LogP contribution in [0.2, 0.25) is 0 Å². The number of ether oxygens (including phenoxy) is 2. The fourth-order valence-corrected chi connectivity index (χ4v) is 4.84. The molecule has 1 saturated heterocycles. The Labute approximate surface area is 149 Å². The van der Waals surface area contributed by atoms with Crippen molar-refractivity contribution in [1.29, 1.82) is 0 Å². The molecular weight excluding hydrogens is 316 g/mol. The molecular formula is C20H28N2O3. The minimum Gasteiger partial charge on any atom is -0.445 e. The Morgan fingerprint density at radius 2 is 1.68 bits per heavy atom. The number of morpholine rings is 1. The van der Waals surface area contributed by atoms with Crippen LogP contribution in [0.1, 0.15) is 44.1 Å². The first-order valence-electron chi connectivity index (χ1n) is 9.52. The number of hydrogen-bond acceptors (Lipinski definition) is 4. The molecule has 3 aliphatic carbocycles. The third kappa shape index (κ3) is 3.53. The predicted octanol–water partition coefficient (Wildman–Crippen LogP) is 3.09. The summed E-state index contributed by atoms with van der Waals surface area (Å²) in [6, 6.07) is 9.84. The van der Waals surface area contributed by atoms with Crippen LogP contribution in [0.15, 0.2) is 30.3 Å². The van der Waals surface area contributed by atoms with Crippen molar-refractivity contribution in [1.82, 2.24) is 10.2 Å². The summed E-state index contributed by atoms with van der Waals surface area (Å²) in [4.78, 5) is 14.9. The van der Waals surface area contributed by atoms with E-state index in [0.717, 1.165) is 51.1 Å². The maximum Gasteiger partial charge on any atom is 0.407 e. The molecule has 5 heteroatoms. The fraction of sp³-hybridized carbons (Fsp3) is 0.650. The van der Waals surface area contributed by atoms with Crippen LogP contribution in [0.25, 0.3) is 0 Å². The van der Waals surface area contributed by atoms with Crippen LogP contribution in [0, 0.1) is 0 Å². The van der Waals surface area contributed by atoms with Crippen molar-refractivity contribution in [3.8, 4) is 0 Å². The molecule has 0 atom stereocenters. The lowest BCUT2D eigenvalue weighted by molar-refractivity contribution is -0.0771. The summed E-state index contributed by atoms with van der Waals surface area (Å²) in [7, 11) is 0. The maximum atomic E-state index is 12.3. The lowest BCUT2D eigenvalue weighted by Gasteiger charge is -2.58. The highest BCUT2D eigenvalue weighted by atomic mass is 16.5. The third-order valence-corrected chi connectivity index (χ3v) is 6.47. The zero-order valence-electron chi connectivity index (χ0n) is 14.8. The van der Waals surface area contributed by atoms with Crippen LogP contribution in [-0.2, 0) is 16.1 Å². The molecule has 0 spiro atoms. The molecule has 4 fully saturated rings. The summed E-state index contributed by atoms with van der Waals surface area (Å²) in [6.07, 6.45) is 6.43. The molecule has 4 aliphatic rings. The molecule has 1 amide bonds. The molecule has 0 radical (unpaired) electrons. The minimum atomic E-state index is -0.273. The highest BCUT2D eigenvalue weighted by Gasteiger charge is 2.52. The van der Waals surface area contributed by atoms with Crippen molar-refractivity contribution in [3.05, 3.63) is 35.9 Å². The van der Waals surface area contributed by atoms with E-state index in [1.165, 1.54) is 19.3 Å². The quantitative estimate of drug-likeness (QED) is 0.912. The van der Waals surface area contributed by atoms with E-state index in [1.54, 1.807) is 0 Å². The molecule has 0 aromatic heterocycles. The largest absolute Gasteiger partial charge is 0.445 e. The second-order valence-electron chi connectivity index (χ2n) is 7.79. The van der Waals surface area contributed by atoms with E-state index in [1.807, 2.05) is 30.3 Å². The second-order valence-corrected chi connectivity index (χ2v) is 7.79. The van der Waals surface area contributed by atoms with Gasteiger partial charge >= 0.3 is 6.09 Å². The Morgan fingerprint density at radius 1 is 1.04 bits per heavy atom. The van der Waals surface area contributed by atoms with Crippen LogP contribution in [0.3, 0.4) is 0 Å². The Hall–Kier alpha value is -1.59. The van der Waals surface area contributed by atoms with E-state index in [2.05, 4.69) is 10.2 Å². The van der Waals surface area contributed by atoms with Crippen LogP contribution in [0.4, 0.5) is 4.79 Å². The molecule has 1 aromatic carbocycles. The number of fused-ring (bicyclic) bond motifs is 3. The van der Waals surface area contributed by atoms with Gasteiger partial charge in [0.2, 0.25) is 0 Å². The van der Waals surface area contributed by atoms with Crippen molar-refractivity contribution < 1.29 is 14.3 Å². The fourth-order valence-electron chi connectivity index (χ4n) is 4.84. The minimum absolute atomic E-state index is 0.0538. The number of alkyl carbamates (subject to hydrolysis) is 1. The molecule has 0 unspecified atom stereocenters. The Bertz CT molecular complexity index is 574. The van der Waals surface area contributed by atoms with Crippen LogP contribution >= 0.6 is 0 Å². The molecule has 3 saturated carbocycles. The molecule has 136 valence electrons. The highest BCUT2D eigenvalue weighted by Crippen LogP contribution is 2.50. The Kier molecular flexibility index (Phi) is 4.69. The van der Waals surface area contributed by atoms with Crippen molar-refractivity contribution in [2.24, 2.45) is 0 Å². The number of carbonyl (C=O) groups excluding carboxylic acids is 1. The van der Waals surface area contributed by atoms with Gasteiger partial charge in [0.15, 0.2) is 0 Å². The standard InChI is InChI=1S/C20H28N2O3/c23-18(25-16-17-4-2-1-3-5-17)21-19-6-9-20(10-7-19,11-8-19)22-12-14-24-15-13-22/h1-5H,6-16H2,(H,21,23). The van der Waals surface area contributed by atoms with Gasteiger partial charge in [0.25, 0.3) is 0 Å². The van der Waals surface area contributed by atoms with Gasteiger partial charge < -0.3 is 14.8 Å². The Morgan fingerprint density at radius 3 is 2.32 bits per heavy atom. The van der Waals surface area contributed by atoms with Crippen molar-refractivity contribution >= 4 is 6.09 Å². The van der Waals surface area contributed by atoms with E-state index in [-0.39, 0.29) is 11.6 Å². The van der Waals surface area contributed by atoms with Gasteiger partial charge in [-0.05, 0) is 44.1 Å². The van der Waals surface area contributed by atoms with E-state index < -0.39 is 0 Å². The summed E-state index contributed by atoms with van der Waals surface area (Å²) in [5.74, 6) is 0. The summed E-state index contributed by atoms with van der Waals surface area (Å²) in [5.41, 5.74) is 1.32. The first-order valence-corrected chi connectivity index (χ1v) is 9.52. The molecule has 5 nitrogen and oxygen atoms in total. The van der Waals surface area contributed by atoms with Crippen LogP contribution < -0.4 is 5.32 Å². The van der Waals surface area contributed by atoms with Gasteiger partial charge in [-0.25, -0.2) is 4.79 Å². The molecule has 1 aromatic rings. The van der Waals surface area contributed by atoms with Crippen molar-refractivity contribution in [3.63, 3.8) is 0 Å². The van der Waals surface area contributed by atoms with E-state index >= 15 is 0 Å². The summed E-state index contributed by atoms with van der Waals surface area (Å²) in [5, 5.41) is 3.21. The number of hydrogen-bond donors (Lipinski definition) is 1. The predicted molar refractivity (Wildman–Crippen MR) is 95.3 cm³/mol. The van der Waals surface area contributed by atoms with Crippen molar-refractivity contribution in [2.75, 3.05) is 26.3 Å². The molecule has 5 rings (SSSR count). The van der Waals surface area contributed by atoms with Crippen LogP contribution in [0.5, 0.6) is 0 Å². The first kappa shape index (κ1) is 16.9. The SMILES string of the molecule is O=C(NC12CCC(N3CCOCC3)(CC1)CC2)OCc1ccccc1. The molecule has 1 aliphatic heterocycles. The smallest absolute Gasteiger partial charge is 0.407 e. The number of benzene rings is 1. The van der Waals surface area contributed by atoms with E-state index in [9.17, 15) is 4.79 Å². The van der Waals surface area contributed by atoms with Gasteiger partial charge in [-0.15, -0.1) is 0 Å². The number of rotatable bonds is 4. The monoisotopic (exact) mass is 344 g/mol. The zero-order chi connectivity index (χ0) is 17.2. The van der Waals surface area contributed by atoms with Gasteiger partial charge in [0.1, 0.15) is 6.61 Å². The third-order valence-electron chi connectivity index (χ3n) is 6.47. The zero-order valence-corrected chi connectivity index (χ0v) is 14.8. The number of carbonyl (C=O) groups is 1. The van der Waals surface area contributed by atoms with Crippen LogP contribution in [-0.4, -0.2) is 48.4 Å². The number of amides is 1. The van der Waals surface area contributed by atoms with Gasteiger partial charge in [-0.1, -0.05) is 30.3 Å². The lowest BCUT2D eigenvalue weighted by Crippen LogP contribution is -2.65. The molecule has 1 N–H and O–H groups in total. The van der Waals surface area contributed by atoms with Crippen molar-refractivity contribution in [2.45, 2.75) is 56.2 Å². The average molecular weight is 344 g/mol. The molecule has 2 bridgehead atoms. The second kappa shape index (κ2) is 6.96. The summed E-state index contributed by atoms with van der Waals surface area (Å²) >= 11 is 0. The van der Waals surface area contributed by atoms with E-state index in [0.29, 0.717) is 12.1 Å². The van der Waals surface area contributed by atoms with Gasteiger partial charge in [0, 0.05) is 24.2 Å². The topological polar surface area (TPSA) is 50.8 Å². The highest BCUT2D eigenvalue weighted by molar-refractivity contribution is 5.68. The van der Waals surface area contributed by atoms with E-state index in [4.69, 9.17) is 9.47 Å². The van der Waals surface area contributed by atoms with Gasteiger partial charge in [-0.3, -0.25) is 4.90 Å². The first-order chi connectivity index (χ1) is 12.2. The normalized spacial score (nSPS) is 32.3. The number of nitrogens with one attached hydrogen (secondary N) is 1. The summed E-state index contributed by atoms with van der Waals surface area (Å²) < 4.78 is 11.0. The molecule has 25 heavy (non-hydrogen) atoms.